The number of aliphatic hydroxyl groups is 1. The first-order valence-electron chi connectivity index (χ1n) is 4.56. The highest BCUT2D eigenvalue weighted by molar-refractivity contribution is 7.89. The second kappa shape index (κ2) is 5.79. The molecule has 0 radical (unpaired) electrons. The van der Waals surface area contributed by atoms with Crippen LogP contribution in [0, 0.1) is 0 Å². The van der Waals surface area contributed by atoms with E-state index in [-0.39, 0.29) is 12.4 Å². The van der Waals surface area contributed by atoms with E-state index in [1.54, 1.807) is 0 Å². The van der Waals surface area contributed by atoms with Gasteiger partial charge in [0.05, 0.1) is 12.4 Å². The zero-order valence-corrected chi connectivity index (χ0v) is 9.00. The fourth-order valence-corrected chi connectivity index (χ4v) is 1.87. The molecule has 0 saturated carbocycles. The van der Waals surface area contributed by atoms with Crippen molar-refractivity contribution in [1.29, 1.82) is 0 Å². The second-order valence-corrected chi connectivity index (χ2v) is 4.90. The third kappa shape index (κ3) is 4.86. The lowest BCUT2D eigenvalue weighted by molar-refractivity contribution is 0.319. The number of aromatic nitrogens is 3. The minimum atomic E-state index is -3.32. The molecule has 0 aromatic carbocycles. The number of hydrogen-bond donors (Lipinski definition) is 3. The third-order valence-electron chi connectivity index (χ3n) is 1.74. The highest BCUT2D eigenvalue weighted by Crippen LogP contribution is 1.92. The van der Waals surface area contributed by atoms with E-state index in [0.29, 0.717) is 19.4 Å². The molecule has 0 unspecified atom stereocenters. The van der Waals surface area contributed by atoms with Crippen LogP contribution in [0.1, 0.15) is 12.2 Å². The van der Waals surface area contributed by atoms with E-state index in [0.717, 1.165) is 5.82 Å². The van der Waals surface area contributed by atoms with Crippen LogP contribution >= 0.6 is 0 Å². The van der Waals surface area contributed by atoms with E-state index < -0.39 is 10.0 Å². The van der Waals surface area contributed by atoms with Crippen LogP contribution in [-0.2, 0) is 16.4 Å². The van der Waals surface area contributed by atoms with Gasteiger partial charge in [-0.3, -0.25) is 5.10 Å². The normalized spacial score (nSPS) is 11.8. The van der Waals surface area contributed by atoms with Crippen LogP contribution in [0.25, 0.3) is 0 Å². The summed E-state index contributed by atoms with van der Waals surface area (Å²) in [5.41, 5.74) is 0. The highest BCUT2D eigenvalue weighted by Gasteiger charge is 2.07. The summed E-state index contributed by atoms with van der Waals surface area (Å²) >= 11 is 0. The van der Waals surface area contributed by atoms with Crippen LogP contribution in [0.3, 0.4) is 0 Å². The fraction of sp³-hybridized carbons (Fsp3) is 0.714. The minimum absolute atomic E-state index is 0.255. The van der Waals surface area contributed by atoms with Crippen LogP contribution < -0.4 is 4.72 Å². The molecule has 15 heavy (non-hydrogen) atoms. The summed E-state index contributed by atoms with van der Waals surface area (Å²) in [4.78, 5) is 3.90. The number of H-pyrrole nitrogens is 1. The maximum atomic E-state index is 11.1. The molecule has 1 rings (SSSR count). The van der Waals surface area contributed by atoms with Crippen LogP contribution in [0.2, 0.25) is 0 Å². The summed E-state index contributed by atoms with van der Waals surface area (Å²) < 4.78 is 24.5. The molecule has 0 atom stereocenters. The molecule has 86 valence electrons. The summed E-state index contributed by atoms with van der Waals surface area (Å²) in [6.07, 6.45) is 2.69. The van der Waals surface area contributed by atoms with Gasteiger partial charge in [0.25, 0.3) is 0 Å². The Morgan fingerprint density at radius 3 is 2.93 bits per heavy atom. The van der Waals surface area contributed by atoms with E-state index >= 15 is 0 Å². The first-order valence-corrected chi connectivity index (χ1v) is 6.22. The van der Waals surface area contributed by atoms with Gasteiger partial charge in [-0.05, 0) is 6.42 Å². The smallest absolute Gasteiger partial charge is 0.213 e. The SMILES string of the molecule is O=S(=O)(CCO)NCCCc1ncn[nH]1. The van der Waals surface area contributed by atoms with Gasteiger partial charge in [0.2, 0.25) is 10.0 Å². The maximum Gasteiger partial charge on any atom is 0.213 e. The Kier molecular flexibility index (Phi) is 4.66. The van der Waals surface area contributed by atoms with Gasteiger partial charge in [0.1, 0.15) is 12.2 Å². The predicted molar refractivity (Wildman–Crippen MR) is 53.6 cm³/mol. The van der Waals surface area contributed by atoms with Gasteiger partial charge in [-0.25, -0.2) is 18.1 Å². The van der Waals surface area contributed by atoms with E-state index in [4.69, 9.17) is 5.11 Å². The standard InChI is InChI=1S/C7H14N4O3S/c12-4-5-15(13,14)10-3-1-2-7-8-6-9-11-7/h6,10,12H,1-5H2,(H,8,9,11). The molecular formula is C7H14N4O3S. The molecule has 0 spiro atoms. The van der Waals surface area contributed by atoms with Crippen LogP contribution in [-0.4, -0.2) is 47.6 Å². The molecule has 0 amide bonds. The van der Waals surface area contributed by atoms with Gasteiger partial charge in [-0.15, -0.1) is 0 Å². The molecule has 8 heteroatoms. The van der Waals surface area contributed by atoms with E-state index in [1.165, 1.54) is 6.33 Å². The van der Waals surface area contributed by atoms with Gasteiger partial charge < -0.3 is 5.11 Å². The number of nitrogens with zero attached hydrogens (tertiary/aromatic N) is 2. The molecule has 0 fully saturated rings. The number of aryl methyl sites for hydroxylation is 1. The van der Waals surface area contributed by atoms with Crippen molar-refractivity contribution in [1.82, 2.24) is 19.9 Å². The number of hydrogen-bond acceptors (Lipinski definition) is 5. The Morgan fingerprint density at radius 2 is 2.33 bits per heavy atom. The van der Waals surface area contributed by atoms with Gasteiger partial charge >= 0.3 is 0 Å². The van der Waals surface area contributed by atoms with Gasteiger partial charge in [0.15, 0.2) is 0 Å². The summed E-state index contributed by atoms with van der Waals surface area (Å²) in [7, 11) is -3.32. The number of aliphatic hydroxyl groups excluding tert-OH is 1. The molecule has 0 bridgehead atoms. The topological polar surface area (TPSA) is 108 Å². The van der Waals surface area contributed by atoms with E-state index in [2.05, 4.69) is 19.9 Å². The molecule has 0 aliphatic heterocycles. The lowest BCUT2D eigenvalue weighted by Crippen LogP contribution is -2.28. The van der Waals surface area contributed by atoms with Crippen molar-refractivity contribution in [2.45, 2.75) is 12.8 Å². The van der Waals surface area contributed by atoms with Crippen LogP contribution in [0.5, 0.6) is 0 Å². The molecule has 1 aromatic heterocycles. The van der Waals surface area contributed by atoms with Crippen molar-refractivity contribution in [2.75, 3.05) is 18.9 Å². The Balaban J connectivity index is 2.17. The first-order chi connectivity index (χ1) is 7.14. The third-order valence-corrected chi connectivity index (χ3v) is 3.10. The van der Waals surface area contributed by atoms with Crippen molar-refractivity contribution >= 4 is 10.0 Å². The quantitative estimate of drug-likeness (QED) is 0.505. The fourth-order valence-electron chi connectivity index (χ4n) is 1.03. The Bertz CT molecular complexity index is 362. The molecule has 0 aliphatic carbocycles. The molecule has 1 aromatic rings. The Labute approximate surface area is 88.0 Å². The van der Waals surface area contributed by atoms with Crippen molar-refractivity contribution in [3.63, 3.8) is 0 Å². The predicted octanol–water partition coefficient (Wildman–Crippen LogP) is -1.35. The zero-order valence-electron chi connectivity index (χ0n) is 8.18. The number of nitrogens with one attached hydrogen (secondary N) is 2. The molecule has 3 N–H and O–H groups in total. The average molecular weight is 234 g/mol. The largest absolute Gasteiger partial charge is 0.395 e. The molecular weight excluding hydrogens is 220 g/mol. The molecule has 7 nitrogen and oxygen atoms in total. The Hall–Kier alpha value is -0.990. The van der Waals surface area contributed by atoms with Crippen molar-refractivity contribution < 1.29 is 13.5 Å². The lowest BCUT2D eigenvalue weighted by Gasteiger charge is -2.03. The summed E-state index contributed by atoms with van der Waals surface area (Å²) in [6.45, 7) is -0.0273. The first kappa shape index (κ1) is 12.1. The second-order valence-electron chi connectivity index (χ2n) is 2.97. The van der Waals surface area contributed by atoms with Gasteiger partial charge in [-0.1, -0.05) is 0 Å². The maximum absolute atomic E-state index is 11.1. The van der Waals surface area contributed by atoms with E-state index in [1.807, 2.05) is 0 Å². The summed E-state index contributed by atoms with van der Waals surface area (Å²) in [5, 5.41) is 14.8. The number of aromatic amines is 1. The molecule has 0 saturated heterocycles. The summed E-state index contributed by atoms with van der Waals surface area (Å²) in [6, 6.07) is 0. The molecule has 0 aliphatic rings. The van der Waals surface area contributed by atoms with Crippen molar-refractivity contribution in [3.8, 4) is 0 Å². The number of sulfonamides is 1. The minimum Gasteiger partial charge on any atom is -0.395 e. The highest BCUT2D eigenvalue weighted by atomic mass is 32.2. The monoisotopic (exact) mass is 234 g/mol. The number of rotatable bonds is 7. The van der Waals surface area contributed by atoms with Gasteiger partial charge in [0, 0.05) is 13.0 Å². The van der Waals surface area contributed by atoms with Crippen molar-refractivity contribution in [3.05, 3.63) is 12.2 Å². The van der Waals surface area contributed by atoms with Crippen LogP contribution in [0.15, 0.2) is 6.33 Å². The Morgan fingerprint density at radius 1 is 1.53 bits per heavy atom. The summed E-state index contributed by atoms with van der Waals surface area (Å²) in [5.74, 6) is 0.478. The zero-order chi connectivity index (χ0) is 11.1. The van der Waals surface area contributed by atoms with Crippen molar-refractivity contribution in [2.24, 2.45) is 0 Å². The van der Waals surface area contributed by atoms with E-state index in [9.17, 15) is 8.42 Å². The van der Waals surface area contributed by atoms with Gasteiger partial charge in [-0.2, -0.15) is 5.10 Å². The molecule has 1 heterocycles. The lowest BCUT2D eigenvalue weighted by atomic mass is 10.3. The average Bonchev–Trinajstić information content (AvgIpc) is 2.65. The van der Waals surface area contributed by atoms with Crippen LogP contribution in [0.4, 0.5) is 0 Å².